The summed E-state index contributed by atoms with van der Waals surface area (Å²) in [5, 5.41) is -8.45. The van der Waals surface area contributed by atoms with Crippen LogP contribution in [-0.4, -0.2) is 25.9 Å². The predicted molar refractivity (Wildman–Crippen MR) is 108 cm³/mol. The first kappa shape index (κ1) is 22.4. The number of hydrogen-bond donors (Lipinski definition) is 2. The van der Waals surface area contributed by atoms with Crippen LogP contribution in [0, 0.1) is 17.5 Å². The average Bonchev–Trinajstić information content (AvgIpc) is 2.64. The molecular weight excluding hydrogens is 464 g/mol. The summed E-state index contributed by atoms with van der Waals surface area (Å²) in [6.07, 6.45) is 0. The van der Waals surface area contributed by atoms with Crippen LogP contribution in [0.1, 0.15) is 0 Å². The zero-order chi connectivity index (χ0) is 22.4. The van der Waals surface area contributed by atoms with Gasteiger partial charge in [-0.05, 0) is 0 Å². The summed E-state index contributed by atoms with van der Waals surface area (Å²) in [6.45, 7) is 0. The molecule has 3 aromatic carbocycles. The molecule has 12 heteroatoms. The Bertz CT molecular complexity index is 1160. The molecular formula is C18H14F3O6PS2. The van der Waals surface area contributed by atoms with Crippen molar-refractivity contribution in [2.45, 2.75) is 0 Å². The van der Waals surface area contributed by atoms with Gasteiger partial charge in [0.25, 0.3) is 0 Å². The van der Waals surface area contributed by atoms with Gasteiger partial charge in [-0.3, -0.25) is 0 Å². The SMILES string of the molecule is O=S(=O)(O)P(c1ccc(F)cc1)(c1ccc(F)cc1)(c1ccc(F)cc1)S(=O)(=O)O. The molecule has 0 heterocycles. The van der Waals surface area contributed by atoms with Gasteiger partial charge < -0.3 is 0 Å². The van der Waals surface area contributed by atoms with Crippen molar-refractivity contribution in [2.75, 3.05) is 0 Å². The molecule has 6 nitrogen and oxygen atoms in total. The Balaban J connectivity index is 2.79. The van der Waals surface area contributed by atoms with Gasteiger partial charge in [-0.15, -0.1) is 0 Å². The maximum absolute atomic E-state index is 13.6. The summed E-state index contributed by atoms with van der Waals surface area (Å²) in [7, 11) is -11.6. The van der Waals surface area contributed by atoms with Gasteiger partial charge in [-0.1, -0.05) is 0 Å². The Kier molecular flexibility index (Phi) is 5.33. The predicted octanol–water partition coefficient (Wildman–Crippen LogP) is 2.54. The average molecular weight is 478 g/mol. The molecule has 2 N–H and O–H groups in total. The van der Waals surface area contributed by atoms with Crippen LogP contribution in [-0.2, 0) is 19.5 Å². The van der Waals surface area contributed by atoms with Crippen molar-refractivity contribution in [1.29, 1.82) is 0 Å². The molecule has 30 heavy (non-hydrogen) atoms. The molecule has 0 unspecified atom stereocenters. The third-order valence-corrected chi connectivity index (χ3v) is 22.7. The van der Waals surface area contributed by atoms with Gasteiger partial charge in [-0.25, -0.2) is 0 Å². The van der Waals surface area contributed by atoms with Gasteiger partial charge in [0.2, 0.25) is 0 Å². The van der Waals surface area contributed by atoms with E-state index in [0.29, 0.717) is 0 Å². The number of halogens is 3. The van der Waals surface area contributed by atoms with E-state index in [1.54, 1.807) is 0 Å². The zero-order valence-electron chi connectivity index (χ0n) is 14.9. The fourth-order valence-corrected chi connectivity index (χ4v) is 18.1. The fraction of sp³-hybridized carbons (Fsp3) is 0. The Morgan fingerprint density at radius 1 is 0.500 bits per heavy atom. The summed E-state index contributed by atoms with van der Waals surface area (Å²) < 4.78 is 114. The second-order valence-corrected chi connectivity index (χ2v) is 19.4. The molecule has 0 bridgehead atoms. The van der Waals surface area contributed by atoms with Crippen molar-refractivity contribution < 1.29 is 39.1 Å². The van der Waals surface area contributed by atoms with Crippen LogP contribution >= 0.6 is 5.01 Å². The van der Waals surface area contributed by atoms with E-state index in [9.17, 15) is 39.1 Å². The minimum absolute atomic E-state index is 0.675. The van der Waals surface area contributed by atoms with Crippen molar-refractivity contribution in [3.63, 3.8) is 0 Å². The monoisotopic (exact) mass is 478 g/mol. The first-order chi connectivity index (χ1) is 13.9. The molecule has 0 aliphatic carbocycles. The van der Waals surface area contributed by atoms with E-state index in [-0.39, 0.29) is 0 Å². The second-order valence-electron chi connectivity index (χ2n) is 6.28. The maximum atomic E-state index is 13.6. The van der Waals surface area contributed by atoms with Gasteiger partial charge in [0.1, 0.15) is 0 Å². The summed E-state index contributed by atoms with van der Waals surface area (Å²) in [5.74, 6) is -2.59. The standard InChI is InChI=1S/C18H14F3O6PS2/c19-13-1-7-16(8-2-13)28(29(22,23)24,30(25,26)27,17-9-3-14(20)4-10-17)18-11-5-15(21)6-12-18/h1-12H,(H,22,23,24)(H,25,26,27). The molecule has 0 amide bonds. The molecule has 0 radical (unpaired) electrons. The summed E-state index contributed by atoms with van der Waals surface area (Å²) in [5.41, 5.74) is 0. The van der Waals surface area contributed by atoms with Crippen LogP contribution in [0.25, 0.3) is 0 Å². The molecule has 0 aliphatic rings. The van der Waals surface area contributed by atoms with Crippen LogP contribution in [0.4, 0.5) is 13.2 Å². The summed E-state index contributed by atoms with van der Waals surface area (Å²) in [6, 6.07) is 9.09. The van der Waals surface area contributed by atoms with Crippen molar-refractivity contribution in [3.05, 3.63) is 90.2 Å². The first-order valence-corrected chi connectivity index (χ1v) is 14.4. The van der Waals surface area contributed by atoms with Crippen molar-refractivity contribution in [1.82, 2.24) is 0 Å². The Hall–Kier alpha value is -2.30. The molecule has 3 rings (SSSR count). The molecule has 0 atom stereocenters. The Morgan fingerprint density at radius 3 is 0.867 bits per heavy atom. The van der Waals surface area contributed by atoms with Crippen molar-refractivity contribution in [2.24, 2.45) is 0 Å². The number of rotatable bonds is 5. The summed E-state index contributed by atoms with van der Waals surface area (Å²) in [4.78, 5) is 0. The van der Waals surface area contributed by atoms with Crippen LogP contribution < -0.4 is 15.9 Å². The summed E-state index contributed by atoms with van der Waals surface area (Å²) >= 11 is 0. The third kappa shape index (κ3) is 2.74. The van der Waals surface area contributed by atoms with E-state index in [1.807, 2.05) is 0 Å². The van der Waals surface area contributed by atoms with Gasteiger partial charge in [0, 0.05) is 0 Å². The molecule has 0 spiro atoms. The topological polar surface area (TPSA) is 109 Å². The van der Waals surface area contributed by atoms with Gasteiger partial charge in [0.05, 0.1) is 0 Å². The molecule has 0 aliphatic heterocycles. The minimum atomic E-state index is -6.42. The Morgan fingerprint density at radius 2 is 0.700 bits per heavy atom. The van der Waals surface area contributed by atoms with Gasteiger partial charge in [0.15, 0.2) is 0 Å². The second kappa shape index (κ2) is 7.14. The molecule has 3 aromatic rings. The van der Waals surface area contributed by atoms with E-state index >= 15 is 0 Å². The van der Waals surface area contributed by atoms with Gasteiger partial charge >= 0.3 is 170 Å². The van der Waals surface area contributed by atoms with Crippen LogP contribution in [0.2, 0.25) is 0 Å². The fourth-order valence-electron chi connectivity index (χ4n) is 3.50. The van der Waals surface area contributed by atoms with Crippen LogP contribution in [0.3, 0.4) is 0 Å². The Labute approximate surface area is 169 Å². The molecule has 0 saturated carbocycles. The van der Waals surface area contributed by atoms with E-state index in [2.05, 4.69) is 0 Å². The third-order valence-electron chi connectivity index (χ3n) is 4.77. The molecule has 0 aromatic heterocycles. The van der Waals surface area contributed by atoms with Crippen molar-refractivity contribution >= 4 is 40.4 Å². The van der Waals surface area contributed by atoms with Crippen molar-refractivity contribution in [3.8, 4) is 0 Å². The molecule has 160 valence electrons. The quantitative estimate of drug-likeness (QED) is 0.431. The first-order valence-electron chi connectivity index (χ1n) is 8.10. The van der Waals surface area contributed by atoms with E-state index in [1.165, 1.54) is 0 Å². The zero-order valence-corrected chi connectivity index (χ0v) is 17.4. The van der Waals surface area contributed by atoms with Gasteiger partial charge in [-0.2, -0.15) is 0 Å². The van der Waals surface area contributed by atoms with Crippen LogP contribution in [0.5, 0.6) is 0 Å². The van der Waals surface area contributed by atoms with Crippen LogP contribution in [0.15, 0.2) is 72.8 Å². The normalized spacial score (nSPS) is 14.1. The number of hydrogen-bond acceptors (Lipinski definition) is 4. The van der Waals surface area contributed by atoms with E-state index in [0.717, 1.165) is 72.8 Å². The molecule has 0 fully saturated rings. The molecule has 0 saturated heterocycles. The number of benzene rings is 3. The van der Waals surface area contributed by atoms with E-state index < -0.39 is 57.8 Å². The van der Waals surface area contributed by atoms with E-state index in [4.69, 9.17) is 0 Å².